The Bertz CT molecular complexity index is 489. The minimum absolute atomic E-state index is 0.0234. The number of aliphatic hydroxyl groups excluding tert-OH is 1. The van der Waals surface area contributed by atoms with E-state index < -0.39 is 5.54 Å². The molecule has 110 valence electrons. The first-order valence-electron chi connectivity index (χ1n) is 7.06. The molecule has 0 radical (unpaired) electrons. The molecule has 1 aromatic heterocycles. The molecule has 6 heteroatoms. The quantitative estimate of drug-likeness (QED) is 0.848. The molecule has 0 aromatic carbocycles. The van der Waals surface area contributed by atoms with Crippen molar-refractivity contribution in [1.82, 2.24) is 4.98 Å². The highest BCUT2D eigenvalue weighted by Gasteiger charge is 2.35. The number of anilines is 1. The van der Waals surface area contributed by atoms with E-state index in [4.69, 9.17) is 10.5 Å². The summed E-state index contributed by atoms with van der Waals surface area (Å²) in [5.74, 6) is 0.156. The van der Waals surface area contributed by atoms with E-state index in [0.717, 1.165) is 37.9 Å². The summed E-state index contributed by atoms with van der Waals surface area (Å²) in [5, 5.41) is 9.32. The normalized spacial score (nSPS) is 29.8. The molecule has 1 aliphatic heterocycles. The zero-order valence-electron chi connectivity index (χ0n) is 11.4. The lowest BCUT2D eigenvalue weighted by molar-refractivity contribution is 0.146. The molecule has 5 nitrogen and oxygen atoms in total. The van der Waals surface area contributed by atoms with Crippen molar-refractivity contribution in [3.05, 3.63) is 18.1 Å². The number of pyridine rings is 1. The van der Waals surface area contributed by atoms with Crippen LogP contribution in [0.3, 0.4) is 0 Å². The van der Waals surface area contributed by atoms with E-state index in [1.54, 1.807) is 0 Å². The third-order valence-electron chi connectivity index (χ3n) is 4.39. The fourth-order valence-corrected chi connectivity index (χ4v) is 3.12. The van der Waals surface area contributed by atoms with Gasteiger partial charge in [0.05, 0.1) is 19.3 Å². The molecule has 0 bridgehead atoms. The number of hydrogen-bond acceptors (Lipinski definition) is 5. The minimum atomic E-state index is -0.453. The van der Waals surface area contributed by atoms with Crippen molar-refractivity contribution in [3.63, 3.8) is 0 Å². The lowest BCUT2D eigenvalue weighted by Crippen LogP contribution is -2.52. The van der Waals surface area contributed by atoms with Gasteiger partial charge in [-0.2, -0.15) is 0 Å². The highest BCUT2D eigenvalue weighted by Crippen LogP contribution is 2.36. The molecule has 0 unspecified atom stereocenters. The Balaban J connectivity index is 1.78. The molecule has 0 atom stereocenters. The maximum atomic E-state index is 13.4. The Morgan fingerprint density at radius 3 is 2.95 bits per heavy atom. The standard InChI is InChI=1S/C14H20FN3O2/c15-10-7-12-13(17-8-10)20-6-5-18(12)11-1-3-14(16,9-19)4-2-11/h7-8,11,19H,1-6,9,16H2. The van der Waals surface area contributed by atoms with Crippen molar-refractivity contribution in [2.24, 2.45) is 5.73 Å². The average molecular weight is 281 g/mol. The molecular weight excluding hydrogens is 261 g/mol. The van der Waals surface area contributed by atoms with Crippen LogP contribution in [0.25, 0.3) is 0 Å². The van der Waals surface area contributed by atoms with Crippen LogP contribution in [0.2, 0.25) is 0 Å². The van der Waals surface area contributed by atoms with Crippen molar-refractivity contribution in [2.75, 3.05) is 24.7 Å². The Morgan fingerprint density at radius 1 is 1.50 bits per heavy atom. The molecule has 3 rings (SSSR count). The van der Waals surface area contributed by atoms with E-state index in [1.165, 1.54) is 12.3 Å². The predicted octanol–water partition coefficient (Wildman–Crippen LogP) is 1.05. The van der Waals surface area contributed by atoms with Gasteiger partial charge in [-0.1, -0.05) is 0 Å². The van der Waals surface area contributed by atoms with Gasteiger partial charge >= 0.3 is 0 Å². The van der Waals surface area contributed by atoms with Gasteiger partial charge in [0.15, 0.2) is 0 Å². The molecule has 0 spiro atoms. The summed E-state index contributed by atoms with van der Waals surface area (Å²) in [6.07, 6.45) is 4.53. The van der Waals surface area contributed by atoms with E-state index >= 15 is 0 Å². The number of halogens is 1. The number of rotatable bonds is 2. The van der Waals surface area contributed by atoms with Crippen LogP contribution in [-0.4, -0.2) is 41.4 Å². The van der Waals surface area contributed by atoms with Crippen molar-refractivity contribution in [2.45, 2.75) is 37.3 Å². The average Bonchev–Trinajstić information content (AvgIpc) is 2.48. The Labute approximate surface area is 117 Å². The highest BCUT2D eigenvalue weighted by molar-refractivity contribution is 5.57. The molecule has 2 aliphatic rings. The SMILES string of the molecule is NC1(CO)CCC(N2CCOc3ncc(F)cc32)CC1. The summed E-state index contributed by atoms with van der Waals surface area (Å²) in [7, 11) is 0. The molecule has 1 saturated carbocycles. The van der Waals surface area contributed by atoms with Crippen LogP contribution in [0, 0.1) is 5.82 Å². The van der Waals surface area contributed by atoms with Gasteiger partial charge in [-0.3, -0.25) is 0 Å². The van der Waals surface area contributed by atoms with Crippen LogP contribution in [0.15, 0.2) is 12.3 Å². The molecule has 1 aromatic rings. The minimum Gasteiger partial charge on any atom is -0.474 e. The van der Waals surface area contributed by atoms with Gasteiger partial charge < -0.3 is 20.5 Å². The smallest absolute Gasteiger partial charge is 0.237 e. The van der Waals surface area contributed by atoms with Gasteiger partial charge in [0.25, 0.3) is 0 Å². The summed E-state index contributed by atoms with van der Waals surface area (Å²) in [6.45, 7) is 1.32. The van der Waals surface area contributed by atoms with E-state index in [1.807, 2.05) is 0 Å². The van der Waals surface area contributed by atoms with Gasteiger partial charge in [0.2, 0.25) is 5.88 Å². The number of ether oxygens (including phenoxy) is 1. The van der Waals surface area contributed by atoms with Gasteiger partial charge in [-0.25, -0.2) is 9.37 Å². The van der Waals surface area contributed by atoms with Crippen molar-refractivity contribution in [3.8, 4) is 5.88 Å². The Kier molecular flexibility index (Phi) is 3.52. The number of nitrogens with two attached hydrogens (primary N) is 1. The molecule has 0 saturated heterocycles. The number of fused-ring (bicyclic) bond motifs is 1. The van der Waals surface area contributed by atoms with Crippen LogP contribution in [0.1, 0.15) is 25.7 Å². The molecular formula is C14H20FN3O2. The maximum Gasteiger partial charge on any atom is 0.237 e. The van der Waals surface area contributed by atoms with E-state index in [-0.39, 0.29) is 12.4 Å². The van der Waals surface area contributed by atoms with Crippen LogP contribution in [0.4, 0.5) is 10.1 Å². The second-order valence-electron chi connectivity index (χ2n) is 5.77. The third kappa shape index (κ3) is 2.45. The third-order valence-corrected chi connectivity index (χ3v) is 4.39. The Morgan fingerprint density at radius 2 is 2.25 bits per heavy atom. The molecule has 0 amide bonds. The number of nitrogens with zero attached hydrogens (tertiary/aromatic N) is 2. The van der Waals surface area contributed by atoms with Crippen LogP contribution in [-0.2, 0) is 0 Å². The molecule has 1 aliphatic carbocycles. The number of hydrogen-bond donors (Lipinski definition) is 2. The van der Waals surface area contributed by atoms with E-state index in [9.17, 15) is 9.50 Å². The number of aromatic nitrogens is 1. The van der Waals surface area contributed by atoms with Crippen LogP contribution < -0.4 is 15.4 Å². The zero-order chi connectivity index (χ0) is 14.2. The molecule has 1 fully saturated rings. The fourth-order valence-electron chi connectivity index (χ4n) is 3.12. The largest absolute Gasteiger partial charge is 0.474 e. The van der Waals surface area contributed by atoms with Crippen molar-refractivity contribution in [1.29, 1.82) is 0 Å². The van der Waals surface area contributed by atoms with Crippen LogP contribution >= 0.6 is 0 Å². The van der Waals surface area contributed by atoms with Crippen molar-refractivity contribution >= 4 is 5.69 Å². The summed E-state index contributed by atoms with van der Waals surface area (Å²) in [5.41, 5.74) is 6.38. The summed E-state index contributed by atoms with van der Waals surface area (Å²) in [6, 6.07) is 1.79. The van der Waals surface area contributed by atoms with Gasteiger partial charge in [0, 0.05) is 17.6 Å². The second kappa shape index (κ2) is 5.18. The fraction of sp³-hybridized carbons (Fsp3) is 0.643. The lowest BCUT2D eigenvalue weighted by Gasteiger charge is -2.43. The first-order valence-corrected chi connectivity index (χ1v) is 7.06. The topological polar surface area (TPSA) is 71.6 Å². The molecule has 3 N–H and O–H groups in total. The van der Waals surface area contributed by atoms with Gasteiger partial charge in [-0.15, -0.1) is 0 Å². The molecule has 2 heterocycles. The van der Waals surface area contributed by atoms with E-state index in [2.05, 4.69) is 9.88 Å². The van der Waals surface area contributed by atoms with Gasteiger partial charge in [0.1, 0.15) is 18.1 Å². The zero-order valence-corrected chi connectivity index (χ0v) is 11.4. The monoisotopic (exact) mass is 281 g/mol. The first-order chi connectivity index (χ1) is 9.61. The van der Waals surface area contributed by atoms with Crippen molar-refractivity contribution < 1.29 is 14.2 Å². The van der Waals surface area contributed by atoms with Gasteiger partial charge in [-0.05, 0) is 25.7 Å². The van der Waals surface area contributed by atoms with E-state index in [0.29, 0.717) is 18.5 Å². The first kappa shape index (κ1) is 13.6. The summed E-state index contributed by atoms with van der Waals surface area (Å²) in [4.78, 5) is 6.18. The maximum absolute atomic E-state index is 13.4. The second-order valence-corrected chi connectivity index (χ2v) is 5.77. The highest BCUT2D eigenvalue weighted by atomic mass is 19.1. The lowest BCUT2D eigenvalue weighted by atomic mass is 9.80. The molecule has 20 heavy (non-hydrogen) atoms. The Hall–Kier alpha value is -1.40. The van der Waals surface area contributed by atoms with Crippen LogP contribution in [0.5, 0.6) is 5.88 Å². The summed E-state index contributed by atoms with van der Waals surface area (Å²) < 4.78 is 18.9. The summed E-state index contributed by atoms with van der Waals surface area (Å²) >= 11 is 0. The number of aliphatic hydroxyl groups is 1. The predicted molar refractivity (Wildman–Crippen MR) is 73.3 cm³/mol.